The summed E-state index contributed by atoms with van der Waals surface area (Å²) in [5.74, 6) is 1.47. The van der Waals surface area contributed by atoms with Crippen LogP contribution in [0.5, 0.6) is 0 Å². The number of fused-ring (bicyclic) bond motifs is 4. The summed E-state index contributed by atoms with van der Waals surface area (Å²) in [6, 6.07) is 0.602. The molecule has 2 saturated heterocycles. The van der Waals surface area contributed by atoms with E-state index in [-0.39, 0.29) is 0 Å². The molecule has 13 heavy (non-hydrogen) atoms. The topological polar surface area (TPSA) is 35.8 Å². The zero-order chi connectivity index (χ0) is 9.42. The molecule has 1 saturated carbocycles. The normalized spacial score (nSPS) is 43.8. The lowest BCUT2D eigenvalue weighted by Gasteiger charge is -2.38. The second-order valence-electron chi connectivity index (χ2n) is 4.66. The van der Waals surface area contributed by atoms with Gasteiger partial charge in [0.25, 0.3) is 0 Å². The van der Waals surface area contributed by atoms with Gasteiger partial charge in [-0.1, -0.05) is 12.1 Å². The first-order valence-corrected chi connectivity index (χ1v) is 5.10. The maximum Gasteiger partial charge on any atom is 0.0589 e. The van der Waals surface area contributed by atoms with Gasteiger partial charge in [0.05, 0.1) is 5.71 Å². The van der Waals surface area contributed by atoms with Crippen LogP contribution in [-0.4, -0.2) is 35.5 Å². The highest BCUT2D eigenvalue weighted by molar-refractivity contribution is 5.85. The van der Waals surface area contributed by atoms with Crippen molar-refractivity contribution in [2.45, 2.75) is 32.2 Å². The summed E-state index contributed by atoms with van der Waals surface area (Å²) in [6.07, 6.45) is 3.26. The van der Waals surface area contributed by atoms with Gasteiger partial charge in [-0.3, -0.25) is 0 Å². The third kappa shape index (κ3) is 1.57. The Morgan fingerprint density at radius 1 is 1.46 bits per heavy atom. The molecule has 2 aliphatic heterocycles. The number of hydrogen-bond donors (Lipinski definition) is 1. The number of hydrogen-bond acceptors (Lipinski definition) is 3. The third-order valence-corrected chi connectivity index (χ3v) is 3.58. The Kier molecular flexibility index (Phi) is 2.28. The van der Waals surface area contributed by atoms with Gasteiger partial charge in [0.2, 0.25) is 0 Å². The van der Waals surface area contributed by atoms with E-state index in [1.54, 1.807) is 0 Å². The van der Waals surface area contributed by atoms with E-state index in [2.05, 4.69) is 24.0 Å². The van der Waals surface area contributed by atoms with Crippen molar-refractivity contribution in [2.75, 3.05) is 13.6 Å². The van der Waals surface area contributed by atoms with Crippen molar-refractivity contribution in [1.29, 1.82) is 0 Å². The van der Waals surface area contributed by atoms with Crippen LogP contribution in [0.1, 0.15) is 26.2 Å². The van der Waals surface area contributed by atoms with Crippen LogP contribution in [0.3, 0.4) is 0 Å². The molecule has 3 nitrogen and oxygen atoms in total. The fraction of sp³-hybridized carbons (Fsp3) is 0.900. The van der Waals surface area contributed by atoms with E-state index in [1.165, 1.54) is 13.0 Å². The van der Waals surface area contributed by atoms with Crippen LogP contribution in [0.4, 0.5) is 0 Å². The molecule has 2 bridgehead atoms. The van der Waals surface area contributed by atoms with Gasteiger partial charge in [0.15, 0.2) is 0 Å². The summed E-state index contributed by atoms with van der Waals surface area (Å²) in [7, 11) is 2.19. The van der Waals surface area contributed by atoms with Gasteiger partial charge in [-0.15, -0.1) is 0 Å². The smallest absolute Gasteiger partial charge is 0.0589 e. The average molecular weight is 182 g/mol. The highest BCUT2D eigenvalue weighted by Crippen LogP contribution is 2.34. The van der Waals surface area contributed by atoms with Crippen molar-refractivity contribution in [3.05, 3.63) is 0 Å². The van der Waals surface area contributed by atoms with Crippen molar-refractivity contribution >= 4 is 5.71 Å². The number of nitrogens with zero attached hydrogens (tertiary/aromatic N) is 2. The molecular formula is C10H18N2O. The van der Waals surface area contributed by atoms with Gasteiger partial charge in [0.1, 0.15) is 0 Å². The fourth-order valence-corrected chi connectivity index (χ4v) is 2.98. The Labute approximate surface area is 79.4 Å². The molecule has 74 valence electrons. The molecule has 1 aliphatic carbocycles. The Morgan fingerprint density at radius 2 is 2.23 bits per heavy atom. The largest absolute Gasteiger partial charge is 0.411 e. The van der Waals surface area contributed by atoms with Crippen LogP contribution in [-0.2, 0) is 0 Å². The van der Waals surface area contributed by atoms with Crippen LogP contribution in [0, 0.1) is 11.8 Å². The van der Waals surface area contributed by atoms with Gasteiger partial charge >= 0.3 is 0 Å². The Balaban J connectivity index is 2.21. The molecule has 0 aromatic heterocycles. The molecule has 3 fully saturated rings. The Hall–Kier alpha value is -0.570. The van der Waals surface area contributed by atoms with Gasteiger partial charge in [0, 0.05) is 19.0 Å². The lowest BCUT2D eigenvalue weighted by atomic mass is 9.86. The van der Waals surface area contributed by atoms with Gasteiger partial charge in [-0.2, -0.15) is 0 Å². The lowest BCUT2D eigenvalue weighted by molar-refractivity contribution is 0.106. The molecule has 0 radical (unpaired) electrons. The van der Waals surface area contributed by atoms with E-state index in [9.17, 15) is 0 Å². The first kappa shape index (κ1) is 9.00. The van der Waals surface area contributed by atoms with Crippen molar-refractivity contribution in [3.8, 4) is 0 Å². The van der Waals surface area contributed by atoms with Crippen LogP contribution >= 0.6 is 0 Å². The van der Waals surface area contributed by atoms with Crippen molar-refractivity contribution in [1.82, 2.24) is 4.90 Å². The highest BCUT2D eigenvalue weighted by Gasteiger charge is 2.36. The second-order valence-corrected chi connectivity index (χ2v) is 4.66. The maximum atomic E-state index is 8.82. The van der Waals surface area contributed by atoms with E-state index in [0.29, 0.717) is 12.0 Å². The molecule has 0 aromatic carbocycles. The zero-order valence-electron chi connectivity index (χ0n) is 8.40. The number of rotatable bonds is 0. The number of oxime groups is 1. The summed E-state index contributed by atoms with van der Waals surface area (Å²) in [5.41, 5.74) is 1.00. The maximum absolute atomic E-state index is 8.82. The second kappa shape index (κ2) is 3.29. The molecule has 3 aliphatic rings. The molecule has 0 amide bonds. The van der Waals surface area contributed by atoms with E-state index < -0.39 is 0 Å². The van der Waals surface area contributed by atoms with Gasteiger partial charge in [-0.05, 0) is 31.7 Å². The monoisotopic (exact) mass is 182 g/mol. The summed E-state index contributed by atoms with van der Waals surface area (Å²) >= 11 is 0. The number of piperidine rings is 1. The highest BCUT2D eigenvalue weighted by atomic mass is 16.4. The quantitative estimate of drug-likeness (QED) is 0.456. The first-order chi connectivity index (χ1) is 6.20. The lowest BCUT2D eigenvalue weighted by Crippen LogP contribution is -2.43. The molecule has 0 aromatic rings. The molecular weight excluding hydrogens is 164 g/mol. The molecule has 0 unspecified atom stereocenters. The summed E-state index contributed by atoms with van der Waals surface area (Å²) < 4.78 is 0. The molecule has 2 heterocycles. The molecule has 3 rings (SSSR count). The minimum absolute atomic E-state index is 0.602. The molecule has 1 N–H and O–H groups in total. The Morgan fingerprint density at radius 3 is 2.85 bits per heavy atom. The zero-order valence-corrected chi connectivity index (χ0v) is 8.40. The van der Waals surface area contributed by atoms with E-state index in [4.69, 9.17) is 5.21 Å². The van der Waals surface area contributed by atoms with Crippen LogP contribution in [0.15, 0.2) is 5.16 Å². The van der Waals surface area contributed by atoms with Crippen LogP contribution in [0.25, 0.3) is 0 Å². The van der Waals surface area contributed by atoms with E-state index in [0.717, 1.165) is 24.5 Å². The minimum atomic E-state index is 0.602. The van der Waals surface area contributed by atoms with Gasteiger partial charge < -0.3 is 10.1 Å². The van der Waals surface area contributed by atoms with Crippen molar-refractivity contribution in [2.24, 2.45) is 17.0 Å². The fourth-order valence-electron chi connectivity index (χ4n) is 2.98. The summed E-state index contributed by atoms with van der Waals surface area (Å²) in [4.78, 5) is 2.43. The van der Waals surface area contributed by atoms with Gasteiger partial charge in [-0.25, -0.2) is 0 Å². The Bertz CT molecular complexity index is 215. The summed E-state index contributed by atoms with van der Waals surface area (Å²) in [6.45, 7) is 3.49. The molecule has 3 atom stereocenters. The van der Waals surface area contributed by atoms with Crippen molar-refractivity contribution < 1.29 is 5.21 Å². The van der Waals surface area contributed by atoms with Crippen molar-refractivity contribution in [3.63, 3.8) is 0 Å². The first-order valence-electron chi connectivity index (χ1n) is 5.10. The van der Waals surface area contributed by atoms with E-state index in [1.807, 2.05) is 0 Å². The third-order valence-electron chi connectivity index (χ3n) is 3.58. The molecule has 0 spiro atoms. The van der Waals surface area contributed by atoms with E-state index >= 15 is 0 Å². The standard InChI is InChI=1S/C10H18N2O/c1-7-3-8-4-9(11-13)5-10(7)12(2)6-8/h7-8,10,13H,3-6H2,1-2H3/b11-9+/t7-,8-,10-/m0/s1. The SMILES string of the molecule is C[C@H]1C[C@H]2C/C(=N\O)C[C@@H]1N(C)C2. The molecule has 3 heteroatoms. The summed E-state index contributed by atoms with van der Waals surface area (Å²) in [5, 5.41) is 12.2. The average Bonchev–Trinajstić information content (AvgIpc) is 2.32. The predicted octanol–water partition coefficient (Wildman–Crippen LogP) is 1.57. The van der Waals surface area contributed by atoms with Crippen LogP contribution in [0.2, 0.25) is 0 Å². The minimum Gasteiger partial charge on any atom is -0.411 e. The van der Waals surface area contributed by atoms with Crippen LogP contribution < -0.4 is 0 Å². The predicted molar refractivity (Wildman–Crippen MR) is 52.1 cm³/mol.